The van der Waals surface area contributed by atoms with Crippen LogP contribution >= 0.6 is 0 Å². The van der Waals surface area contributed by atoms with Crippen LogP contribution in [0, 0.1) is 0 Å². The van der Waals surface area contributed by atoms with Gasteiger partial charge in [0.1, 0.15) is 11.5 Å². The summed E-state index contributed by atoms with van der Waals surface area (Å²) in [7, 11) is 1.35. The minimum Gasteiger partial charge on any atom is -0.496 e. The lowest BCUT2D eigenvalue weighted by molar-refractivity contribution is -0.274. The van der Waals surface area contributed by atoms with Gasteiger partial charge in [-0.3, -0.25) is 0 Å². The van der Waals surface area contributed by atoms with Crippen molar-refractivity contribution in [2.24, 2.45) is 5.73 Å². The summed E-state index contributed by atoms with van der Waals surface area (Å²) in [6.07, 6.45) is -4.73. The Labute approximate surface area is 84.6 Å². The standard InChI is InChI=1S/C9H10F3NO2/c1-14-7-3-2-4-8(6(7)5-13)15-9(10,11)12/h2-4H,5,13H2,1H3. The van der Waals surface area contributed by atoms with Gasteiger partial charge in [-0.1, -0.05) is 6.07 Å². The maximum atomic E-state index is 12.0. The molecule has 0 spiro atoms. The molecule has 84 valence electrons. The van der Waals surface area contributed by atoms with E-state index in [1.165, 1.54) is 25.3 Å². The van der Waals surface area contributed by atoms with E-state index in [0.29, 0.717) is 0 Å². The van der Waals surface area contributed by atoms with Gasteiger partial charge >= 0.3 is 6.36 Å². The zero-order valence-corrected chi connectivity index (χ0v) is 7.97. The van der Waals surface area contributed by atoms with Crippen molar-refractivity contribution < 1.29 is 22.6 Å². The van der Waals surface area contributed by atoms with Crippen molar-refractivity contribution in [2.45, 2.75) is 12.9 Å². The predicted octanol–water partition coefficient (Wildman–Crippen LogP) is 2.05. The summed E-state index contributed by atoms with van der Waals surface area (Å²) in [5.41, 5.74) is 5.51. The van der Waals surface area contributed by atoms with Crippen LogP contribution in [0.3, 0.4) is 0 Å². The summed E-state index contributed by atoms with van der Waals surface area (Å²) in [5, 5.41) is 0. The van der Waals surface area contributed by atoms with E-state index in [-0.39, 0.29) is 23.6 Å². The first-order chi connectivity index (χ1) is 6.98. The Kier molecular flexibility index (Phi) is 3.41. The predicted molar refractivity (Wildman–Crippen MR) is 47.6 cm³/mol. The molecule has 0 amide bonds. The van der Waals surface area contributed by atoms with Gasteiger partial charge in [0, 0.05) is 6.54 Å². The van der Waals surface area contributed by atoms with E-state index in [4.69, 9.17) is 10.5 Å². The maximum absolute atomic E-state index is 12.0. The van der Waals surface area contributed by atoms with E-state index in [1.54, 1.807) is 0 Å². The van der Waals surface area contributed by atoms with Gasteiger partial charge in [-0.2, -0.15) is 0 Å². The Hall–Kier alpha value is -1.43. The molecule has 3 nitrogen and oxygen atoms in total. The molecule has 15 heavy (non-hydrogen) atoms. The third-order valence-electron chi connectivity index (χ3n) is 1.74. The van der Waals surface area contributed by atoms with Gasteiger partial charge in [-0.05, 0) is 12.1 Å². The molecule has 0 bridgehead atoms. The Morgan fingerprint density at radius 3 is 2.33 bits per heavy atom. The fourth-order valence-corrected chi connectivity index (χ4v) is 1.16. The molecule has 0 saturated heterocycles. The second-order valence-corrected chi connectivity index (χ2v) is 2.69. The van der Waals surface area contributed by atoms with E-state index >= 15 is 0 Å². The number of halogens is 3. The fourth-order valence-electron chi connectivity index (χ4n) is 1.16. The minimum absolute atomic E-state index is 0.0879. The summed E-state index contributed by atoms with van der Waals surface area (Å²) in [5.74, 6) is -0.0522. The number of ether oxygens (including phenoxy) is 2. The number of rotatable bonds is 3. The Bertz CT molecular complexity index is 339. The Morgan fingerprint density at radius 2 is 1.87 bits per heavy atom. The number of methoxy groups -OCH3 is 1. The van der Waals surface area contributed by atoms with Gasteiger partial charge in [-0.25, -0.2) is 0 Å². The van der Waals surface area contributed by atoms with Crippen molar-refractivity contribution in [3.8, 4) is 11.5 Å². The lowest BCUT2D eigenvalue weighted by Gasteiger charge is -2.14. The average Bonchev–Trinajstić information content (AvgIpc) is 2.15. The van der Waals surface area contributed by atoms with Crippen LogP contribution in [0.25, 0.3) is 0 Å². The average molecular weight is 221 g/mol. The summed E-state index contributed by atoms with van der Waals surface area (Å²) >= 11 is 0. The van der Waals surface area contributed by atoms with Gasteiger partial charge in [0.05, 0.1) is 12.7 Å². The number of hydrogen-bond donors (Lipinski definition) is 1. The molecule has 1 aromatic carbocycles. The van der Waals surface area contributed by atoms with Crippen LogP contribution in [0.5, 0.6) is 11.5 Å². The van der Waals surface area contributed by atoms with Crippen LogP contribution in [0.15, 0.2) is 18.2 Å². The molecule has 1 rings (SSSR count). The second kappa shape index (κ2) is 4.39. The molecule has 0 saturated carbocycles. The summed E-state index contributed by atoms with van der Waals surface area (Å²) in [6, 6.07) is 4.11. The summed E-state index contributed by atoms with van der Waals surface area (Å²) in [4.78, 5) is 0. The third kappa shape index (κ3) is 3.02. The van der Waals surface area contributed by atoms with Crippen molar-refractivity contribution in [1.82, 2.24) is 0 Å². The number of benzene rings is 1. The molecule has 0 atom stereocenters. The van der Waals surface area contributed by atoms with Crippen LogP contribution < -0.4 is 15.2 Å². The third-order valence-corrected chi connectivity index (χ3v) is 1.74. The Morgan fingerprint density at radius 1 is 1.27 bits per heavy atom. The number of hydrogen-bond acceptors (Lipinski definition) is 3. The highest BCUT2D eigenvalue weighted by atomic mass is 19.4. The zero-order valence-electron chi connectivity index (χ0n) is 7.97. The van der Waals surface area contributed by atoms with E-state index in [1.807, 2.05) is 0 Å². The van der Waals surface area contributed by atoms with Crippen LogP contribution in [0.4, 0.5) is 13.2 Å². The lowest BCUT2D eigenvalue weighted by atomic mass is 10.2. The molecule has 0 aliphatic heterocycles. The van der Waals surface area contributed by atoms with E-state index in [9.17, 15) is 13.2 Å². The highest BCUT2D eigenvalue weighted by molar-refractivity contribution is 5.44. The van der Waals surface area contributed by atoms with Crippen LogP contribution in [-0.4, -0.2) is 13.5 Å². The first kappa shape index (κ1) is 11.6. The SMILES string of the molecule is COc1cccc(OC(F)(F)F)c1CN. The van der Waals surface area contributed by atoms with Gasteiger partial charge in [0.2, 0.25) is 0 Å². The topological polar surface area (TPSA) is 44.5 Å². The van der Waals surface area contributed by atoms with E-state index in [0.717, 1.165) is 0 Å². The zero-order chi connectivity index (χ0) is 11.5. The summed E-state index contributed by atoms with van der Waals surface area (Å²) < 4.78 is 44.6. The van der Waals surface area contributed by atoms with Crippen molar-refractivity contribution in [3.05, 3.63) is 23.8 Å². The van der Waals surface area contributed by atoms with Crippen LogP contribution in [-0.2, 0) is 6.54 Å². The molecular weight excluding hydrogens is 211 g/mol. The van der Waals surface area contributed by atoms with Crippen molar-refractivity contribution in [3.63, 3.8) is 0 Å². The lowest BCUT2D eigenvalue weighted by Crippen LogP contribution is -2.19. The molecule has 6 heteroatoms. The number of alkyl halides is 3. The molecule has 0 aliphatic carbocycles. The molecular formula is C9H10F3NO2. The Balaban J connectivity index is 3.06. The quantitative estimate of drug-likeness (QED) is 0.849. The van der Waals surface area contributed by atoms with Gasteiger partial charge in [0.15, 0.2) is 0 Å². The molecule has 0 heterocycles. The molecule has 0 radical (unpaired) electrons. The van der Waals surface area contributed by atoms with Crippen molar-refractivity contribution in [1.29, 1.82) is 0 Å². The number of nitrogens with two attached hydrogens (primary N) is 1. The highest BCUT2D eigenvalue weighted by Crippen LogP contribution is 2.31. The maximum Gasteiger partial charge on any atom is 0.573 e. The molecule has 0 aliphatic rings. The van der Waals surface area contributed by atoms with E-state index < -0.39 is 6.36 Å². The largest absolute Gasteiger partial charge is 0.573 e. The highest BCUT2D eigenvalue weighted by Gasteiger charge is 2.32. The first-order valence-corrected chi connectivity index (χ1v) is 4.09. The van der Waals surface area contributed by atoms with Crippen LogP contribution in [0.2, 0.25) is 0 Å². The van der Waals surface area contributed by atoms with E-state index in [2.05, 4.69) is 4.74 Å². The summed E-state index contributed by atoms with van der Waals surface area (Å²) in [6.45, 7) is -0.0879. The van der Waals surface area contributed by atoms with Gasteiger partial charge in [-0.15, -0.1) is 13.2 Å². The molecule has 0 fully saturated rings. The first-order valence-electron chi connectivity index (χ1n) is 4.09. The minimum atomic E-state index is -4.73. The smallest absolute Gasteiger partial charge is 0.496 e. The molecule has 2 N–H and O–H groups in total. The second-order valence-electron chi connectivity index (χ2n) is 2.69. The molecule has 1 aromatic rings. The molecule has 0 unspecified atom stereocenters. The van der Waals surface area contributed by atoms with Crippen molar-refractivity contribution in [2.75, 3.05) is 7.11 Å². The monoisotopic (exact) mass is 221 g/mol. The van der Waals surface area contributed by atoms with Gasteiger partial charge < -0.3 is 15.2 Å². The molecule has 0 aromatic heterocycles. The van der Waals surface area contributed by atoms with Gasteiger partial charge in [0.25, 0.3) is 0 Å². The van der Waals surface area contributed by atoms with Crippen LogP contribution in [0.1, 0.15) is 5.56 Å². The normalized spacial score (nSPS) is 11.3. The van der Waals surface area contributed by atoms with Crippen molar-refractivity contribution >= 4 is 0 Å². The fraction of sp³-hybridized carbons (Fsp3) is 0.333.